The number of aromatic nitrogens is 3. The molecule has 1 amide bonds. The van der Waals surface area contributed by atoms with Crippen molar-refractivity contribution in [1.82, 2.24) is 15.0 Å². The molecule has 1 atom stereocenters. The number of fused-ring (bicyclic) bond motifs is 1. The number of aromatic amines is 1. The van der Waals surface area contributed by atoms with Gasteiger partial charge in [0.05, 0.1) is 18.5 Å². The second kappa shape index (κ2) is 9.47. The molecule has 190 valence electrons. The van der Waals surface area contributed by atoms with E-state index in [1.54, 1.807) is 12.3 Å². The molecule has 10 nitrogen and oxygen atoms in total. The quantitative estimate of drug-likeness (QED) is 0.311. The van der Waals surface area contributed by atoms with Crippen molar-refractivity contribution in [3.63, 3.8) is 0 Å². The van der Waals surface area contributed by atoms with E-state index in [4.69, 9.17) is 15.2 Å². The molecule has 0 saturated heterocycles. The highest BCUT2D eigenvalue weighted by atomic mass is 19.1. The number of pyridine rings is 2. The number of hydrogen-bond acceptors (Lipinski definition) is 8. The number of ether oxygens (including phenoxy) is 2. The van der Waals surface area contributed by atoms with Crippen molar-refractivity contribution in [2.45, 2.75) is 6.92 Å². The number of hydrogen-bond donors (Lipinski definition) is 4. The number of aliphatic hydroxyl groups is 1. The normalized spacial score (nSPS) is 17.2. The van der Waals surface area contributed by atoms with E-state index in [-0.39, 0.29) is 36.4 Å². The average Bonchev–Trinajstić information content (AvgIpc) is 3.33. The molecule has 1 aliphatic heterocycles. The molecule has 0 bridgehead atoms. The number of H-pyrrole nitrogens is 1. The SMILES string of the molecule is C[C@]1(CO)CN=C(Nc2cc(F)c(Oc3ccnc4[nH]cc(-c5ccnc(C(N)=O)c5)c34)c(F)c2)OC1. The van der Waals surface area contributed by atoms with Gasteiger partial charge in [-0.05, 0) is 23.8 Å². The number of amides is 1. The van der Waals surface area contributed by atoms with Crippen molar-refractivity contribution in [3.05, 3.63) is 66.3 Å². The van der Waals surface area contributed by atoms with Crippen LogP contribution in [-0.4, -0.2) is 51.7 Å². The summed E-state index contributed by atoms with van der Waals surface area (Å²) >= 11 is 0. The molecule has 3 aromatic heterocycles. The average molecular weight is 508 g/mol. The van der Waals surface area contributed by atoms with Crippen molar-refractivity contribution in [2.24, 2.45) is 16.1 Å². The van der Waals surface area contributed by atoms with Crippen LogP contribution in [0.4, 0.5) is 14.5 Å². The van der Waals surface area contributed by atoms with Gasteiger partial charge >= 0.3 is 0 Å². The van der Waals surface area contributed by atoms with E-state index in [0.717, 1.165) is 12.1 Å². The summed E-state index contributed by atoms with van der Waals surface area (Å²) in [6, 6.07) is 6.85. The van der Waals surface area contributed by atoms with Gasteiger partial charge in [-0.25, -0.2) is 18.8 Å². The van der Waals surface area contributed by atoms with E-state index in [9.17, 15) is 9.90 Å². The van der Waals surface area contributed by atoms with E-state index in [1.807, 2.05) is 6.92 Å². The lowest BCUT2D eigenvalue weighted by atomic mass is 9.93. The van der Waals surface area contributed by atoms with Gasteiger partial charge in [-0.1, -0.05) is 6.92 Å². The molecule has 5 N–H and O–H groups in total. The zero-order valence-electron chi connectivity index (χ0n) is 19.6. The minimum Gasteiger partial charge on any atom is -0.464 e. The molecule has 0 fully saturated rings. The van der Waals surface area contributed by atoms with E-state index in [0.29, 0.717) is 28.7 Å². The highest BCUT2D eigenvalue weighted by Crippen LogP contribution is 2.38. The van der Waals surface area contributed by atoms with E-state index >= 15 is 8.78 Å². The first-order chi connectivity index (χ1) is 17.8. The second-order valence-corrected chi connectivity index (χ2v) is 8.90. The molecular formula is C25H22F2N6O4. The lowest BCUT2D eigenvalue weighted by Crippen LogP contribution is -2.38. The van der Waals surface area contributed by atoms with Crippen molar-refractivity contribution in [2.75, 3.05) is 25.1 Å². The molecule has 0 spiro atoms. The van der Waals surface area contributed by atoms with Crippen LogP contribution in [0.15, 0.2) is 53.9 Å². The third-order valence-electron chi connectivity index (χ3n) is 5.86. The van der Waals surface area contributed by atoms with Gasteiger partial charge in [0.1, 0.15) is 23.7 Å². The molecule has 0 unspecified atom stereocenters. The molecule has 0 aliphatic carbocycles. The molecule has 1 aromatic carbocycles. The van der Waals surface area contributed by atoms with Gasteiger partial charge in [0, 0.05) is 47.4 Å². The van der Waals surface area contributed by atoms with Crippen LogP contribution in [0.1, 0.15) is 17.4 Å². The number of nitrogens with two attached hydrogens (primary N) is 1. The van der Waals surface area contributed by atoms with Gasteiger partial charge in [-0.15, -0.1) is 0 Å². The fourth-order valence-corrected chi connectivity index (χ4v) is 3.80. The third-order valence-corrected chi connectivity index (χ3v) is 5.86. The monoisotopic (exact) mass is 508 g/mol. The molecule has 37 heavy (non-hydrogen) atoms. The fraction of sp³-hybridized carbons (Fsp3) is 0.200. The maximum atomic E-state index is 15.0. The van der Waals surface area contributed by atoms with Crippen LogP contribution in [0.2, 0.25) is 0 Å². The number of anilines is 1. The standard InChI is InChI=1S/C25H22F2N6O4/c1-25(11-34)10-32-24(36-12-25)33-14-7-16(26)21(17(27)8-14)37-19-3-5-30-23-20(19)15(9-31-23)13-2-4-29-18(6-13)22(28)35/h2-9,34H,10-12H2,1H3,(H2,28,35)(H,30,31)(H,32,33)/t25-/m1/s1. The fourth-order valence-electron chi connectivity index (χ4n) is 3.80. The molecule has 0 saturated carbocycles. The summed E-state index contributed by atoms with van der Waals surface area (Å²) in [6.07, 6.45) is 4.50. The first kappa shape index (κ1) is 24.1. The highest BCUT2D eigenvalue weighted by molar-refractivity contribution is 5.99. The van der Waals surface area contributed by atoms with Crippen molar-refractivity contribution >= 4 is 28.6 Å². The van der Waals surface area contributed by atoms with E-state index in [1.165, 1.54) is 24.5 Å². The summed E-state index contributed by atoms with van der Waals surface area (Å²) in [4.78, 5) is 26.9. The van der Waals surface area contributed by atoms with Gasteiger partial charge in [0.15, 0.2) is 17.4 Å². The number of halogens is 2. The minimum absolute atomic E-state index is 0.0610. The summed E-state index contributed by atoms with van der Waals surface area (Å²) in [5.41, 5.74) is 6.53. The molecule has 5 rings (SSSR count). The largest absolute Gasteiger partial charge is 0.464 e. The number of primary amides is 1. The Morgan fingerprint density at radius 3 is 2.68 bits per heavy atom. The Balaban J connectivity index is 1.45. The summed E-state index contributed by atoms with van der Waals surface area (Å²) < 4.78 is 41.2. The van der Waals surface area contributed by atoms with Crippen LogP contribution in [0.5, 0.6) is 11.5 Å². The lowest BCUT2D eigenvalue weighted by molar-refractivity contribution is 0.0706. The van der Waals surface area contributed by atoms with Crippen LogP contribution in [0, 0.1) is 17.0 Å². The smallest absolute Gasteiger partial charge is 0.289 e. The van der Waals surface area contributed by atoms with Gasteiger partial charge in [-0.3, -0.25) is 9.78 Å². The van der Waals surface area contributed by atoms with Crippen LogP contribution in [-0.2, 0) is 4.74 Å². The first-order valence-electron chi connectivity index (χ1n) is 11.2. The minimum atomic E-state index is -0.957. The number of carbonyl (C=O) groups is 1. The molecule has 4 aromatic rings. The molecule has 12 heteroatoms. The highest BCUT2D eigenvalue weighted by Gasteiger charge is 2.29. The summed E-state index contributed by atoms with van der Waals surface area (Å²) in [6.45, 7) is 2.22. The Hall–Kier alpha value is -4.58. The molecule has 4 heterocycles. The molecular weight excluding hydrogens is 486 g/mol. The number of aliphatic hydroxyl groups excluding tert-OH is 1. The van der Waals surface area contributed by atoms with E-state index < -0.39 is 28.7 Å². The maximum absolute atomic E-state index is 15.0. The predicted molar refractivity (Wildman–Crippen MR) is 131 cm³/mol. The number of nitrogens with one attached hydrogen (secondary N) is 2. The predicted octanol–water partition coefficient (Wildman–Crippen LogP) is 3.59. The van der Waals surface area contributed by atoms with Crippen molar-refractivity contribution < 1.29 is 28.2 Å². The first-order valence-corrected chi connectivity index (χ1v) is 11.2. The number of rotatable bonds is 6. The zero-order valence-corrected chi connectivity index (χ0v) is 19.6. The van der Waals surface area contributed by atoms with Crippen molar-refractivity contribution in [3.8, 4) is 22.6 Å². The van der Waals surface area contributed by atoms with Gasteiger partial charge in [0.2, 0.25) is 0 Å². The van der Waals surface area contributed by atoms with Crippen LogP contribution in [0.25, 0.3) is 22.2 Å². The van der Waals surface area contributed by atoms with Crippen LogP contribution in [0.3, 0.4) is 0 Å². The number of amidine groups is 1. The summed E-state index contributed by atoms with van der Waals surface area (Å²) in [5.74, 6) is -3.08. The van der Waals surface area contributed by atoms with Gasteiger partial charge in [0.25, 0.3) is 11.9 Å². The lowest BCUT2D eigenvalue weighted by Gasteiger charge is -2.30. The third kappa shape index (κ3) is 4.78. The summed E-state index contributed by atoms with van der Waals surface area (Å²) in [5, 5.41) is 12.6. The van der Waals surface area contributed by atoms with E-state index in [2.05, 4.69) is 25.3 Å². The zero-order chi connectivity index (χ0) is 26.2. The Morgan fingerprint density at radius 2 is 2.00 bits per heavy atom. The van der Waals surface area contributed by atoms with Gasteiger partial charge < -0.3 is 30.6 Å². The van der Waals surface area contributed by atoms with Crippen LogP contribution >= 0.6 is 0 Å². The Bertz CT molecular complexity index is 1520. The number of benzene rings is 1. The molecule has 0 radical (unpaired) electrons. The summed E-state index contributed by atoms with van der Waals surface area (Å²) in [7, 11) is 0. The maximum Gasteiger partial charge on any atom is 0.289 e. The number of nitrogens with zero attached hydrogens (tertiary/aromatic N) is 3. The topological polar surface area (TPSA) is 148 Å². The number of carbonyl (C=O) groups excluding carboxylic acids is 1. The Morgan fingerprint density at radius 1 is 1.24 bits per heavy atom. The second-order valence-electron chi connectivity index (χ2n) is 8.90. The van der Waals surface area contributed by atoms with Crippen LogP contribution < -0.4 is 15.8 Å². The number of aliphatic imine (C=N–C) groups is 1. The Labute approximate surface area is 209 Å². The molecule has 1 aliphatic rings. The Kier molecular flexibility index (Phi) is 6.17. The van der Waals surface area contributed by atoms with Crippen molar-refractivity contribution in [1.29, 1.82) is 0 Å². The van der Waals surface area contributed by atoms with Gasteiger partial charge in [-0.2, -0.15) is 0 Å².